The Balaban J connectivity index is 1.88. The van der Waals surface area contributed by atoms with Crippen LogP contribution in [-0.2, 0) is 14.3 Å². The number of halogens is 1. The van der Waals surface area contributed by atoms with Crippen molar-refractivity contribution >= 4 is 39.6 Å². The van der Waals surface area contributed by atoms with Crippen LogP contribution in [-0.4, -0.2) is 60.2 Å². The van der Waals surface area contributed by atoms with Gasteiger partial charge in [0.15, 0.2) is 12.4 Å². The van der Waals surface area contributed by atoms with Gasteiger partial charge in [-0.3, -0.25) is 19.3 Å². The minimum absolute atomic E-state index is 0.279. The molecular formula is C15H15BrN2O5. The lowest BCUT2D eigenvalue weighted by Crippen LogP contribution is -2.34. The lowest BCUT2D eigenvalue weighted by molar-refractivity contribution is -0.145. The normalized spacial score (nSPS) is 17.6. The van der Waals surface area contributed by atoms with E-state index in [0.29, 0.717) is 5.56 Å². The van der Waals surface area contributed by atoms with E-state index in [2.05, 4.69) is 15.9 Å². The molecule has 1 atom stereocenters. The molecular weight excluding hydrogens is 368 g/mol. The van der Waals surface area contributed by atoms with Crippen LogP contribution in [0.1, 0.15) is 16.8 Å². The fraction of sp³-hybridized carbons (Fsp3) is 0.333. The molecule has 0 spiro atoms. The van der Waals surface area contributed by atoms with E-state index < -0.39 is 30.6 Å². The molecule has 0 aromatic heterocycles. The Bertz CT molecular complexity index is 658. The molecule has 23 heavy (non-hydrogen) atoms. The van der Waals surface area contributed by atoms with E-state index in [9.17, 15) is 19.2 Å². The molecule has 0 saturated carbocycles. The van der Waals surface area contributed by atoms with Crippen molar-refractivity contribution in [2.75, 3.05) is 20.7 Å². The lowest BCUT2D eigenvalue weighted by Gasteiger charge is -2.15. The van der Waals surface area contributed by atoms with Gasteiger partial charge in [0.25, 0.3) is 5.91 Å². The number of amides is 3. The summed E-state index contributed by atoms with van der Waals surface area (Å²) in [6.45, 7) is -0.408. The third-order valence-corrected chi connectivity index (χ3v) is 4.09. The highest BCUT2D eigenvalue weighted by atomic mass is 79.9. The molecule has 2 rings (SSSR count). The summed E-state index contributed by atoms with van der Waals surface area (Å²) in [6, 6.07) is 5.29. The molecule has 0 bridgehead atoms. The number of imide groups is 1. The number of urea groups is 1. The first-order valence-corrected chi connectivity index (χ1v) is 7.59. The number of ether oxygens (including phenoxy) is 1. The molecule has 122 valence electrons. The predicted molar refractivity (Wildman–Crippen MR) is 83.8 cm³/mol. The molecule has 3 amide bonds. The van der Waals surface area contributed by atoms with Crippen LogP contribution in [0.25, 0.3) is 0 Å². The highest BCUT2D eigenvalue weighted by Gasteiger charge is 2.42. The number of carbonyl (C=O) groups excluding carboxylic acids is 4. The standard InChI is InChI=1S/C15H15BrN2O5/c1-17-11(14(21)18(2)15(17)22)7-13(20)23-8-12(19)9-3-5-10(16)6-4-9/h3-6,11H,7-8H2,1-2H3/t11-/m1/s1. The van der Waals surface area contributed by atoms with Crippen LogP contribution >= 0.6 is 15.9 Å². The summed E-state index contributed by atoms with van der Waals surface area (Å²) in [5.41, 5.74) is 0.421. The fourth-order valence-electron chi connectivity index (χ4n) is 2.16. The van der Waals surface area contributed by atoms with Gasteiger partial charge in [-0.1, -0.05) is 28.1 Å². The number of rotatable bonds is 5. The van der Waals surface area contributed by atoms with Crippen molar-refractivity contribution < 1.29 is 23.9 Å². The Morgan fingerprint density at radius 1 is 1.17 bits per heavy atom. The molecule has 1 aromatic rings. The zero-order valence-corrected chi connectivity index (χ0v) is 14.2. The van der Waals surface area contributed by atoms with Crippen LogP contribution in [0.5, 0.6) is 0 Å². The quantitative estimate of drug-likeness (QED) is 0.437. The van der Waals surface area contributed by atoms with Crippen molar-refractivity contribution in [3.63, 3.8) is 0 Å². The number of Topliss-reactive ketones (excluding diaryl/α,β-unsaturated/α-hetero) is 1. The molecule has 1 aliphatic heterocycles. The molecule has 0 radical (unpaired) electrons. The number of likely N-dealkylation sites (N-methyl/N-ethyl adjacent to an activating group) is 2. The summed E-state index contributed by atoms with van der Waals surface area (Å²) < 4.78 is 5.74. The highest BCUT2D eigenvalue weighted by Crippen LogP contribution is 2.17. The van der Waals surface area contributed by atoms with Gasteiger partial charge in [-0.15, -0.1) is 0 Å². The maximum Gasteiger partial charge on any atom is 0.326 e. The Hall–Kier alpha value is -2.22. The molecule has 1 aliphatic rings. The molecule has 1 saturated heterocycles. The number of esters is 1. The second kappa shape index (κ2) is 6.91. The number of hydrogen-bond donors (Lipinski definition) is 0. The predicted octanol–water partition coefficient (Wildman–Crippen LogP) is 1.46. The Morgan fingerprint density at radius 2 is 1.78 bits per heavy atom. The second-order valence-corrected chi connectivity index (χ2v) is 6.02. The maximum absolute atomic E-state index is 11.9. The van der Waals surface area contributed by atoms with E-state index in [0.717, 1.165) is 9.37 Å². The average molecular weight is 383 g/mol. The largest absolute Gasteiger partial charge is 0.457 e. The Kier molecular flexibility index (Phi) is 5.15. The van der Waals surface area contributed by atoms with Gasteiger partial charge in [-0.2, -0.15) is 0 Å². The van der Waals surface area contributed by atoms with Gasteiger partial charge in [0, 0.05) is 24.1 Å². The van der Waals surface area contributed by atoms with Crippen molar-refractivity contribution in [2.24, 2.45) is 0 Å². The summed E-state index contributed by atoms with van der Waals surface area (Å²) in [5.74, 6) is -1.51. The number of ketones is 1. The van der Waals surface area contributed by atoms with Crippen LogP contribution in [0.15, 0.2) is 28.7 Å². The number of benzene rings is 1. The zero-order chi connectivity index (χ0) is 17.1. The van der Waals surface area contributed by atoms with Crippen molar-refractivity contribution in [2.45, 2.75) is 12.5 Å². The third-order valence-electron chi connectivity index (χ3n) is 3.56. The van der Waals surface area contributed by atoms with Gasteiger partial charge in [0.05, 0.1) is 6.42 Å². The van der Waals surface area contributed by atoms with Gasteiger partial charge in [-0.05, 0) is 12.1 Å². The molecule has 0 aliphatic carbocycles. The van der Waals surface area contributed by atoms with Crippen LogP contribution in [0, 0.1) is 0 Å². The number of nitrogens with zero attached hydrogens (tertiary/aromatic N) is 2. The molecule has 1 heterocycles. The van der Waals surface area contributed by atoms with E-state index in [1.807, 2.05) is 0 Å². The SMILES string of the molecule is CN1C(=O)[C@@H](CC(=O)OCC(=O)c2ccc(Br)cc2)N(C)C1=O. The van der Waals surface area contributed by atoms with E-state index in [-0.39, 0.29) is 12.2 Å². The number of carbonyl (C=O) groups is 4. The summed E-state index contributed by atoms with van der Waals surface area (Å²) in [6.07, 6.45) is -0.279. The maximum atomic E-state index is 11.9. The molecule has 8 heteroatoms. The molecule has 1 aromatic carbocycles. The van der Waals surface area contributed by atoms with Gasteiger partial charge in [0.2, 0.25) is 0 Å². The monoisotopic (exact) mass is 382 g/mol. The number of hydrogen-bond acceptors (Lipinski definition) is 5. The fourth-order valence-corrected chi connectivity index (χ4v) is 2.42. The Morgan fingerprint density at radius 3 is 2.30 bits per heavy atom. The Labute approximate surface area is 141 Å². The van der Waals surface area contributed by atoms with Crippen LogP contribution in [0.4, 0.5) is 4.79 Å². The minimum Gasteiger partial charge on any atom is -0.457 e. The molecule has 0 N–H and O–H groups in total. The van der Waals surface area contributed by atoms with Gasteiger partial charge in [-0.25, -0.2) is 4.79 Å². The third kappa shape index (κ3) is 3.76. The van der Waals surface area contributed by atoms with E-state index in [1.54, 1.807) is 24.3 Å². The van der Waals surface area contributed by atoms with Gasteiger partial charge in [0.1, 0.15) is 6.04 Å². The van der Waals surface area contributed by atoms with Gasteiger partial charge < -0.3 is 9.64 Å². The van der Waals surface area contributed by atoms with Crippen molar-refractivity contribution in [3.8, 4) is 0 Å². The summed E-state index contributed by atoms with van der Waals surface area (Å²) in [5, 5.41) is 0. The van der Waals surface area contributed by atoms with E-state index in [4.69, 9.17) is 4.74 Å². The second-order valence-electron chi connectivity index (χ2n) is 5.10. The minimum atomic E-state index is -0.886. The van der Waals surface area contributed by atoms with E-state index >= 15 is 0 Å². The zero-order valence-electron chi connectivity index (χ0n) is 12.6. The lowest BCUT2D eigenvalue weighted by atomic mass is 10.1. The van der Waals surface area contributed by atoms with Crippen LogP contribution < -0.4 is 0 Å². The highest BCUT2D eigenvalue weighted by molar-refractivity contribution is 9.10. The van der Waals surface area contributed by atoms with Crippen molar-refractivity contribution in [1.29, 1.82) is 0 Å². The first-order valence-electron chi connectivity index (χ1n) is 6.80. The summed E-state index contributed by atoms with van der Waals surface area (Å²) in [7, 11) is 2.79. The van der Waals surface area contributed by atoms with Gasteiger partial charge >= 0.3 is 12.0 Å². The average Bonchev–Trinajstić information content (AvgIpc) is 2.71. The molecule has 7 nitrogen and oxygen atoms in total. The molecule has 0 unspecified atom stereocenters. The topological polar surface area (TPSA) is 84.0 Å². The van der Waals surface area contributed by atoms with Crippen molar-refractivity contribution in [3.05, 3.63) is 34.3 Å². The summed E-state index contributed by atoms with van der Waals surface area (Å²) in [4.78, 5) is 49.3. The molecule has 1 fully saturated rings. The van der Waals surface area contributed by atoms with Crippen LogP contribution in [0.3, 0.4) is 0 Å². The van der Waals surface area contributed by atoms with E-state index in [1.165, 1.54) is 19.0 Å². The van der Waals surface area contributed by atoms with Crippen molar-refractivity contribution in [1.82, 2.24) is 9.80 Å². The summed E-state index contributed by atoms with van der Waals surface area (Å²) >= 11 is 3.26. The first kappa shape index (κ1) is 17.1. The first-order chi connectivity index (χ1) is 10.8. The van der Waals surface area contributed by atoms with Crippen LogP contribution in [0.2, 0.25) is 0 Å². The smallest absolute Gasteiger partial charge is 0.326 e.